The molecule has 3 aromatic rings. The third kappa shape index (κ3) is 3.92. The fraction of sp³-hybridized carbons (Fsp3) is 0.458. The fourth-order valence-electron chi connectivity index (χ4n) is 4.78. The molecule has 6 nitrogen and oxygen atoms in total. The molecule has 1 amide bonds. The molecule has 4 heterocycles. The van der Waals surface area contributed by atoms with E-state index in [9.17, 15) is 9.59 Å². The maximum atomic E-state index is 13.1. The highest BCUT2D eigenvalue weighted by atomic mass is 32.1. The molecule has 1 N–H and O–H groups in total. The quantitative estimate of drug-likeness (QED) is 0.682. The average molecular weight is 437 g/mol. The molecule has 0 saturated carbocycles. The molecule has 0 radical (unpaired) electrons. The number of thiophene rings is 1. The Morgan fingerprint density at radius 1 is 1.13 bits per heavy atom. The van der Waals surface area contributed by atoms with Gasteiger partial charge in [0.2, 0.25) is 0 Å². The number of hydrogen-bond donors (Lipinski definition) is 1. The third-order valence-corrected chi connectivity index (χ3v) is 7.73. The van der Waals surface area contributed by atoms with Crippen LogP contribution in [0.5, 0.6) is 0 Å². The van der Waals surface area contributed by atoms with E-state index in [4.69, 9.17) is 4.98 Å². The molecular weight excluding hydrogens is 408 g/mol. The van der Waals surface area contributed by atoms with Crippen LogP contribution in [-0.2, 0) is 25.9 Å². The zero-order chi connectivity index (χ0) is 21.4. The first-order chi connectivity index (χ1) is 15.1. The Balaban J connectivity index is 1.29. The summed E-state index contributed by atoms with van der Waals surface area (Å²) in [5.41, 5.74) is 3.59. The molecule has 0 aliphatic carbocycles. The van der Waals surface area contributed by atoms with Crippen LogP contribution in [0.3, 0.4) is 0 Å². The van der Waals surface area contributed by atoms with Crippen molar-refractivity contribution in [3.8, 4) is 0 Å². The van der Waals surface area contributed by atoms with Crippen LogP contribution in [0.4, 0.5) is 0 Å². The Kier molecular flexibility index (Phi) is 5.63. The van der Waals surface area contributed by atoms with E-state index in [1.807, 2.05) is 11.5 Å². The van der Waals surface area contributed by atoms with Crippen molar-refractivity contribution >= 4 is 27.5 Å². The highest BCUT2D eigenvalue weighted by Crippen LogP contribution is 2.28. The van der Waals surface area contributed by atoms with E-state index in [0.717, 1.165) is 69.7 Å². The first kappa shape index (κ1) is 20.4. The lowest BCUT2D eigenvalue weighted by molar-refractivity contribution is 0.0951. The summed E-state index contributed by atoms with van der Waals surface area (Å²) in [7, 11) is 0. The predicted octanol–water partition coefficient (Wildman–Crippen LogP) is 3.28. The summed E-state index contributed by atoms with van der Waals surface area (Å²) < 4.78 is 1.82. The van der Waals surface area contributed by atoms with Gasteiger partial charge in [-0.05, 0) is 42.9 Å². The molecule has 0 unspecified atom stereocenters. The second kappa shape index (κ2) is 8.55. The Hall–Kier alpha value is -2.51. The molecule has 0 atom stereocenters. The molecular formula is C24H28N4O2S. The van der Waals surface area contributed by atoms with Gasteiger partial charge in [0, 0.05) is 39.1 Å². The second-order valence-corrected chi connectivity index (χ2v) is 9.58. The van der Waals surface area contributed by atoms with Crippen LogP contribution in [0, 0.1) is 6.92 Å². The molecule has 0 fully saturated rings. The van der Waals surface area contributed by atoms with Gasteiger partial charge in [0.15, 0.2) is 0 Å². The smallest absolute Gasteiger partial charge is 0.262 e. The van der Waals surface area contributed by atoms with Gasteiger partial charge in [0.25, 0.3) is 11.5 Å². The molecule has 0 saturated heterocycles. The number of nitrogens with zero attached hydrogens (tertiary/aromatic N) is 3. The molecule has 162 valence electrons. The Morgan fingerprint density at radius 2 is 1.97 bits per heavy atom. The minimum absolute atomic E-state index is 0.0154. The molecule has 2 aliphatic rings. The fourth-order valence-corrected chi connectivity index (χ4v) is 5.89. The van der Waals surface area contributed by atoms with Gasteiger partial charge in [0.05, 0.1) is 10.3 Å². The van der Waals surface area contributed by atoms with Gasteiger partial charge in [-0.2, -0.15) is 0 Å². The van der Waals surface area contributed by atoms with Gasteiger partial charge < -0.3 is 5.32 Å². The molecule has 2 aliphatic heterocycles. The molecule has 5 rings (SSSR count). The van der Waals surface area contributed by atoms with Crippen LogP contribution in [0.15, 0.2) is 29.1 Å². The van der Waals surface area contributed by atoms with E-state index in [1.54, 1.807) is 0 Å². The van der Waals surface area contributed by atoms with Crippen LogP contribution in [0.1, 0.15) is 51.4 Å². The van der Waals surface area contributed by atoms with Gasteiger partial charge in [-0.3, -0.25) is 19.1 Å². The van der Waals surface area contributed by atoms with Crippen LogP contribution in [0.25, 0.3) is 10.2 Å². The van der Waals surface area contributed by atoms with Crippen LogP contribution in [0.2, 0.25) is 0 Å². The van der Waals surface area contributed by atoms with Gasteiger partial charge >= 0.3 is 0 Å². The normalized spacial score (nSPS) is 16.5. The summed E-state index contributed by atoms with van der Waals surface area (Å²) in [4.78, 5) is 34.5. The monoisotopic (exact) mass is 436 g/mol. The van der Waals surface area contributed by atoms with Crippen molar-refractivity contribution in [2.24, 2.45) is 0 Å². The van der Waals surface area contributed by atoms with Crippen molar-refractivity contribution in [2.75, 3.05) is 19.6 Å². The number of amides is 1. The lowest BCUT2D eigenvalue weighted by Gasteiger charge is -2.28. The number of hydrogen-bond acceptors (Lipinski definition) is 5. The highest BCUT2D eigenvalue weighted by molar-refractivity contribution is 7.20. The minimum Gasteiger partial charge on any atom is -0.350 e. The number of nitrogens with one attached hydrogen (secondary N) is 1. The lowest BCUT2D eigenvalue weighted by Crippen LogP contribution is -2.37. The topological polar surface area (TPSA) is 67.2 Å². The van der Waals surface area contributed by atoms with E-state index >= 15 is 0 Å². The molecule has 1 aromatic carbocycles. The molecule has 0 bridgehead atoms. The summed E-state index contributed by atoms with van der Waals surface area (Å²) in [6, 6.07) is 8.58. The Morgan fingerprint density at radius 3 is 2.84 bits per heavy atom. The molecule has 31 heavy (non-hydrogen) atoms. The molecule has 0 spiro atoms. The van der Waals surface area contributed by atoms with Gasteiger partial charge in [-0.1, -0.05) is 30.7 Å². The zero-order valence-corrected chi connectivity index (χ0v) is 18.8. The predicted molar refractivity (Wildman–Crippen MR) is 124 cm³/mol. The maximum absolute atomic E-state index is 13.1. The zero-order valence-electron chi connectivity index (χ0n) is 17.9. The SMILES string of the molecule is Cc1c(C(=O)NCCN2CCc3ccccc3C2)sc2nc3n(c(=O)c12)CCCCC3. The highest BCUT2D eigenvalue weighted by Gasteiger charge is 2.22. The third-order valence-electron chi connectivity index (χ3n) is 6.54. The Bertz CT molecular complexity index is 1200. The van der Waals surface area contributed by atoms with Crippen molar-refractivity contribution in [1.29, 1.82) is 0 Å². The number of aromatic nitrogens is 2. The number of carbonyl (C=O) groups is 1. The van der Waals surface area contributed by atoms with Crippen LogP contribution >= 0.6 is 11.3 Å². The summed E-state index contributed by atoms with van der Waals surface area (Å²) in [6.07, 6.45) is 5.10. The summed E-state index contributed by atoms with van der Waals surface area (Å²) >= 11 is 1.35. The number of benzene rings is 1. The van der Waals surface area contributed by atoms with Crippen molar-refractivity contribution < 1.29 is 4.79 Å². The van der Waals surface area contributed by atoms with E-state index in [1.165, 1.54) is 22.5 Å². The number of carbonyl (C=O) groups excluding carboxylic acids is 1. The van der Waals surface area contributed by atoms with Crippen LogP contribution in [-0.4, -0.2) is 40.0 Å². The largest absolute Gasteiger partial charge is 0.350 e. The number of rotatable bonds is 4. The summed E-state index contributed by atoms with van der Waals surface area (Å²) in [5.74, 6) is 0.770. The van der Waals surface area contributed by atoms with Crippen molar-refractivity contribution in [2.45, 2.75) is 52.1 Å². The number of fused-ring (bicyclic) bond motifs is 3. The summed E-state index contributed by atoms with van der Waals surface area (Å²) in [6.45, 7) is 5.97. The minimum atomic E-state index is -0.0995. The van der Waals surface area contributed by atoms with Crippen molar-refractivity contribution in [1.82, 2.24) is 19.8 Å². The maximum Gasteiger partial charge on any atom is 0.262 e. The Labute approximate surface area is 185 Å². The molecule has 2 aromatic heterocycles. The molecule has 7 heteroatoms. The van der Waals surface area contributed by atoms with Gasteiger partial charge in [-0.25, -0.2) is 4.98 Å². The van der Waals surface area contributed by atoms with E-state index in [0.29, 0.717) is 21.6 Å². The second-order valence-electron chi connectivity index (χ2n) is 8.58. The van der Waals surface area contributed by atoms with Crippen molar-refractivity contribution in [3.05, 3.63) is 62.0 Å². The first-order valence-electron chi connectivity index (χ1n) is 11.2. The average Bonchev–Trinajstić information content (AvgIpc) is 2.94. The summed E-state index contributed by atoms with van der Waals surface area (Å²) in [5, 5.41) is 3.68. The van der Waals surface area contributed by atoms with Gasteiger partial charge in [-0.15, -0.1) is 11.3 Å². The van der Waals surface area contributed by atoms with E-state index in [-0.39, 0.29) is 11.5 Å². The van der Waals surface area contributed by atoms with E-state index < -0.39 is 0 Å². The first-order valence-corrected chi connectivity index (χ1v) is 12.0. The van der Waals surface area contributed by atoms with Crippen LogP contribution < -0.4 is 10.9 Å². The standard InChI is InChI=1S/C24H28N4O2S/c1-16-20-23(26-19-9-3-2-6-12-28(19)24(20)30)31-21(16)22(29)25-11-14-27-13-10-17-7-4-5-8-18(17)15-27/h4-5,7-8H,2-3,6,9-15H2,1H3,(H,25,29). The van der Waals surface area contributed by atoms with Gasteiger partial charge in [0.1, 0.15) is 10.7 Å². The number of aryl methyl sites for hydroxylation is 2. The van der Waals surface area contributed by atoms with E-state index in [2.05, 4.69) is 34.5 Å². The van der Waals surface area contributed by atoms with Crippen molar-refractivity contribution in [3.63, 3.8) is 0 Å². The lowest BCUT2D eigenvalue weighted by atomic mass is 10.00.